The Hall–Kier alpha value is -2.80. The van der Waals surface area contributed by atoms with Gasteiger partial charge in [0.15, 0.2) is 11.0 Å². The van der Waals surface area contributed by atoms with Gasteiger partial charge in [0.2, 0.25) is 0 Å². The third-order valence-electron chi connectivity index (χ3n) is 6.16. The van der Waals surface area contributed by atoms with Crippen LogP contribution in [0.1, 0.15) is 60.4 Å². The van der Waals surface area contributed by atoms with E-state index in [1.807, 2.05) is 67.3 Å². The minimum absolute atomic E-state index is 0.0606. The van der Waals surface area contributed by atoms with Gasteiger partial charge in [0, 0.05) is 48.7 Å². The summed E-state index contributed by atoms with van der Waals surface area (Å²) >= 11 is 1.59. The van der Waals surface area contributed by atoms with E-state index < -0.39 is 0 Å². The van der Waals surface area contributed by atoms with Crippen LogP contribution in [0.25, 0.3) is 0 Å². The van der Waals surface area contributed by atoms with E-state index in [9.17, 15) is 9.59 Å². The fourth-order valence-electron chi connectivity index (χ4n) is 4.12. The van der Waals surface area contributed by atoms with Crippen LogP contribution >= 0.6 is 11.8 Å². The number of amidine groups is 1. The first-order valence-electron chi connectivity index (χ1n) is 11.6. The number of anilines is 1. The van der Waals surface area contributed by atoms with E-state index in [0.717, 1.165) is 42.1 Å². The smallest absolute Gasteiger partial charge is 0.253 e. The van der Waals surface area contributed by atoms with Gasteiger partial charge in [0.25, 0.3) is 5.91 Å². The van der Waals surface area contributed by atoms with E-state index in [4.69, 9.17) is 5.73 Å². The van der Waals surface area contributed by atoms with Crippen molar-refractivity contribution in [2.24, 2.45) is 10.7 Å². The molecule has 0 bridgehead atoms. The predicted molar refractivity (Wildman–Crippen MR) is 138 cm³/mol. The summed E-state index contributed by atoms with van der Waals surface area (Å²) in [5.41, 5.74) is 9.20. The summed E-state index contributed by atoms with van der Waals surface area (Å²) in [6.07, 6.45) is 0.932. The lowest BCUT2D eigenvalue weighted by Gasteiger charge is -2.36. The topological polar surface area (TPSA) is 79.0 Å². The van der Waals surface area contributed by atoms with Gasteiger partial charge in [-0.3, -0.25) is 14.6 Å². The maximum atomic E-state index is 13.0. The van der Waals surface area contributed by atoms with Crippen LogP contribution in [0.3, 0.4) is 0 Å². The number of amides is 1. The Bertz CT molecular complexity index is 996. The number of piperazine rings is 1. The molecular formula is C26H34N4O2S. The van der Waals surface area contributed by atoms with E-state index in [-0.39, 0.29) is 17.2 Å². The van der Waals surface area contributed by atoms with Crippen LogP contribution in [0.2, 0.25) is 0 Å². The van der Waals surface area contributed by atoms with Gasteiger partial charge in [0.05, 0.1) is 5.54 Å². The minimum atomic E-state index is -0.319. The number of aliphatic imine (C=N–C) groups is 1. The van der Waals surface area contributed by atoms with E-state index in [0.29, 0.717) is 23.8 Å². The predicted octanol–water partition coefficient (Wildman–Crippen LogP) is 4.54. The van der Waals surface area contributed by atoms with Gasteiger partial charge >= 0.3 is 0 Å². The van der Waals surface area contributed by atoms with Crippen LogP contribution in [0, 0.1) is 0 Å². The maximum absolute atomic E-state index is 13.0. The maximum Gasteiger partial charge on any atom is 0.253 e. The first kappa shape index (κ1) is 24.8. The Labute approximate surface area is 201 Å². The normalized spacial score (nSPS) is 20.4. The highest BCUT2D eigenvalue weighted by Gasteiger charge is 2.30. The van der Waals surface area contributed by atoms with Crippen molar-refractivity contribution in [1.82, 2.24) is 4.90 Å². The van der Waals surface area contributed by atoms with Crippen LogP contribution in [-0.4, -0.2) is 53.7 Å². The molecule has 2 aromatic rings. The van der Waals surface area contributed by atoms with Gasteiger partial charge in [0.1, 0.15) is 0 Å². The molecule has 7 heteroatoms. The van der Waals surface area contributed by atoms with Crippen LogP contribution in [0.5, 0.6) is 0 Å². The van der Waals surface area contributed by atoms with Crippen LogP contribution in [-0.2, 0) is 5.54 Å². The summed E-state index contributed by atoms with van der Waals surface area (Å²) in [5.74, 6) is 1.08. The number of nitrogens with two attached hydrogens (primary N) is 1. The molecule has 1 fully saturated rings. The Kier molecular flexibility index (Phi) is 8.19. The van der Waals surface area contributed by atoms with Crippen molar-refractivity contribution in [3.8, 4) is 0 Å². The van der Waals surface area contributed by atoms with Crippen LogP contribution in [0.4, 0.5) is 5.69 Å². The van der Waals surface area contributed by atoms with Gasteiger partial charge < -0.3 is 15.5 Å². The largest absolute Gasteiger partial charge is 0.379 e. The molecule has 0 saturated carbocycles. The van der Waals surface area contributed by atoms with Gasteiger partial charge in [-0.25, -0.2) is 0 Å². The molecule has 6 nitrogen and oxygen atoms in total. The summed E-state index contributed by atoms with van der Waals surface area (Å²) in [7, 11) is 0. The van der Waals surface area contributed by atoms with Crippen molar-refractivity contribution in [3.63, 3.8) is 0 Å². The number of carbonyl (C=O) groups is 2. The lowest BCUT2D eigenvalue weighted by Crippen LogP contribution is -2.48. The van der Waals surface area contributed by atoms with Crippen molar-refractivity contribution in [2.45, 2.75) is 39.7 Å². The molecule has 2 aliphatic rings. The molecule has 33 heavy (non-hydrogen) atoms. The average molecular weight is 467 g/mol. The van der Waals surface area contributed by atoms with Crippen molar-refractivity contribution in [2.75, 3.05) is 36.8 Å². The van der Waals surface area contributed by atoms with Crippen LogP contribution < -0.4 is 10.6 Å². The summed E-state index contributed by atoms with van der Waals surface area (Å²) in [4.78, 5) is 33.3. The van der Waals surface area contributed by atoms with Gasteiger partial charge in [-0.2, -0.15) is 0 Å². The quantitative estimate of drug-likeness (QED) is 0.669. The molecule has 1 saturated heterocycles. The van der Waals surface area contributed by atoms with Gasteiger partial charge in [-0.15, -0.1) is 0 Å². The highest BCUT2D eigenvalue weighted by molar-refractivity contribution is 8.13. The number of Topliss-reactive ketones (excluding diaryl/α,β-unsaturated/α-hetero) is 1. The number of ketones is 1. The highest BCUT2D eigenvalue weighted by atomic mass is 32.2. The molecule has 2 aliphatic heterocycles. The number of benzene rings is 2. The van der Waals surface area contributed by atoms with Crippen molar-refractivity contribution in [1.29, 1.82) is 0 Å². The number of hydrogen-bond acceptors (Lipinski definition) is 6. The van der Waals surface area contributed by atoms with Crippen LogP contribution in [0.15, 0.2) is 53.5 Å². The molecule has 1 atom stereocenters. The number of rotatable bonds is 4. The lowest BCUT2D eigenvalue weighted by atomic mass is 9.89. The molecule has 2 N–H and O–H groups in total. The second-order valence-electron chi connectivity index (χ2n) is 8.28. The van der Waals surface area contributed by atoms with Crippen molar-refractivity contribution in [3.05, 3.63) is 65.2 Å². The number of hydrogen-bond donors (Lipinski definition) is 1. The Morgan fingerprint density at radius 3 is 2.06 bits per heavy atom. The van der Waals surface area contributed by atoms with E-state index in [2.05, 4.69) is 16.8 Å². The minimum Gasteiger partial charge on any atom is -0.379 e. The highest BCUT2D eigenvalue weighted by Crippen LogP contribution is 2.35. The monoisotopic (exact) mass is 466 g/mol. The summed E-state index contributed by atoms with van der Waals surface area (Å²) in [6.45, 7) is 10.6. The van der Waals surface area contributed by atoms with Gasteiger partial charge in [-0.05, 0) is 62.2 Å². The molecule has 0 aliphatic carbocycles. The Balaban J connectivity index is 0.00000149. The molecule has 2 heterocycles. The zero-order chi connectivity index (χ0) is 24.0. The SMILES string of the molecule is CC.CC(=O)c1ccc(N2CCN(C(=O)c3ccc(C4(C)CCSC(N)=N4)cc3)CC2)cc1. The van der Waals surface area contributed by atoms with Crippen molar-refractivity contribution >= 4 is 34.3 Å². The number of carbonyl (C=O) groups excluding carboxylic acids is 2. The number of thioether (sulfide) groups is 1. The fraction of sp³-hybridized carbons (Fsp3) is 0.423. The molecule has 2 aromatic carbocycles. The molecule has 1 unspecified atom stereocenters. The molecule has 0 radical (unpaired) electrons. The van der Waals surface area contributed by atoms with E-state index >= 15 is 0 Å². The molecule has 176 valence electrons. The Morgan fingerprint density at radius 2 is 1.52 bits per heavy atom. The fourth-order valence-corrected chi connectivity index (χ4v) is 5.10. The number of nitrogens with zero attached hydrogens (tertiary/aromatic N) is 3. The molecule has 0 aromatic heterocycles. The first-order valence-corrected chi connectivity index (χ1v) is 12.6. The van der Waals surface area contributed by atoms with Gasteiger partial charge in [-0.1, -0.05) is 37.7 Å². The molecule has 1 amide bonds. The first-order chi connectivity index (χ1) is 15.9. The van der Waals surface area contributed by atoms with E-state index in [1.165, 1.54) is 0 Å². The zero-order valence-electron chi connectivity index (χ0n) is 20.0. The summed E-state index contributed by atoms with van der Waals surface area (Å²) in [5, 5.41) is 0.628. The summed E-state index contributed by atoms with van der Waals surface area (Å²) < 4.78 is 0. The van der Waals surface area contributed by atoms with E-state index in [1.54, 1.807) is 18.7 Å². The Morgan fingerprint density at radius 1 is 0.939 bits per heavy atom. The second-order valence-corrected chi connectivity index (χ2v) is 9.40. The molecule has 0 spiro atoms. The third kappa shape index (κ3) is 5.77. The molecular weight excluding hydrogens is 432 g/mol. The standard InChI is InChI=1S/C24H28N4O2S.C2H6/c1-17(29)18-5-9-21(10-6-18)27-12-14-28(15-13-27)22(30)19-3-7-20(8-4-19)24(2)11-16-31-23(25)26-24;1-2/h3-10H,11-16H2,1-2H3,(H2,25,26);1-2H3. The third-order valence-corrected chi connectivity index (χ3v) is 6.95. The molecule has 4 rings (SSSR count). The zero-order valence-corrected chi connectivity index (χ0v) is 20.8. The second kappa shape index (κ2) is 10.9. The summed E-state index contributed by atoms with van der Waals surface area (Å²) in [6, 6.07) is 15.5. The van der Waals surface area contributed by atoms with Crippen molar-refractivity contribution < 1.29 is 9.59 Å². The average Bonchev–Trinajstić information content (AvgIpc) is 2.85. The lowest BCUT2D eigenvalue weighted by molar-refractivity contribution is 0.0746.